The van der Waals surface area contributed by atoms with Crippen LogP contribution in [0.25, 0.3) is 0 Å². The van der Waals surface area contributed by atoms with E-state index in [1.165, 1.54) is 12.1 Å². The molecule has 7 nitrogen and oxygen atoms in total. The summed E-state index contributed by atoms with van der Waals surface area (Å²) in [6, 6.07) is 12.3. The zero-order valence-electron chi connectivity index (χ0n) is 14.2. The van der Waals surface area contributed by atoms with Crippen LogP contribution < -0.4 is 5.32 Å². The highest BCUT2D eigenvalue weighted by atomic mass is 35.5. The number of rotatable bonds is 6. The van der Waals surface area contributed by atoms with Gasteiger partial charge in [-0.2, -0.15) is 5.26 Å². The van der Waals surface area contributed by atoms with Gasteiger partial charge in [-0.05, 0) is 35.9 Å². The molecule has 0 heterocycles. The Balaban J connectivity index is 1.99. The van der Waals surface area contributed by atoms with Crippen LogP contribution in [0.2, 0.25) is 5.02 Å². The SMILES string of the molecule is CS(=O)(=O)c1ccc(Cl)c(C(=O)OCC(=O)Nc2ccc(CC#N)cc2)c1. The van der Waals surface area contributed by atoms with Crippen LogP contribution in [0.15, 0.2) is 47.4 Å². The fraction of sp³-hybridized carbons (Fsp3) is 0.167. The summed E-state index contributed by atoms with van der Waals surface area (Å²) >= 11 is 5.91. The van der Waals surface area contributed by atoms with Gasteiger partial charge in [0.05, 0.1) is 28.0 Å². The number of halogens is 1. The maximum Gasteiger partial charge on any atom is 0.340 e. The van der Waals surface area contributed by atoms with E-state index in [9.17, 15) is 18.0 Å². The van der Waals surface area contributed by atoms with E-state index in [1.54, 1.807) is 24.3 Å². The van der Waals surface area contributed by atoms with Crippen molar-refractivity contribution in [3.8, 4) is 6.07 Å². The predicted molar refractivity (Wildman–Crippen MR) is 99.2 cm³/mol. The summed E-state index contributed by atoms with van der Waals surface area (Å²) in [6.07, 6.45) is 1.26. The molecular formula is C18H15ClN2O5S. The van der Waals surface area contributed by atoms with Crippen LogP contribution in [-0.2, 0) is 25.8 Å². The van der Waals surface area contributed by atoms with Crippen LogP contribution in [0.3, 0.4) is 0 Å². The summed E-state index contributed by atoms with van der Waals surface area (Å²) in [5.41, 5.74) is 1.14. The summed E-state index contributed by atoms with van der Waals surface area (Å²) in [4.78, 5) is 23.9. The first kappa shape index (κ1) is 20.4. The van der Waals surface area contributed by atoms with E-state index in [0.29, 0.717) is 5.69 Å². The molecule has 0 saturated carbocycles. The van der Waals surface area contributed by atoms with Crippen molar-refractivity contribution in [2.45, 2.75) is 11.3 Å². The van der Waals surface area contributed by atoms with Gasteiger partial charge in [0.25, 0.3) is 5.91 Å². The van der Waals surface area contributed by atoms with Gasteiger partial charge < -0.3 is 10.1 Å². The summed E-state index contributed by atoms with van der Waals surface area (Å²) in [6.45, 7) is -0.571. The molecule has 0 aliphatic carbocycles. The number of amides is 1. The number of ether oxygens (including phenoxy) is 1. The Bertz CT molecular complexity index is 1010. The third kappa shape index (κ3) is 5.81. The van der Waals surface area contributed by atoms with Crippen LogP contribution in [0.5, 0.6) is 0 Å². The van der Waals surface area contributed by atoms with Crippen molar-refractivity contribution in [2.24, 2.45) is 0 Å². The molecule has 0 bridgehead atoms. The van der Waals surface area contributed by atoms with Crippen molar-refractivity contribution in [3.05, 3.63) is 58.6 Å². The summed E-state index contributed by atoms with van der Waals surface area (Å²) in [5, 5.41) is 11.2. The van der Waals surface area contributed by atoms with Gasteiger partial charge in [-0.3, -0.25) is 4.79 Å². The number of nitrogens with one attached hydrogen (secondary N) is 1. The highest BCUT2D eigenvalue weighted by Gasteiger charge is 2.17. The normalized spacial score (nSPS) is 10.7. The standard InChI is InChI=1S/C18H15ClN2O5S/c1-27(24,25)14-6-7-16(19)15(10-14)18(23)26-11-17(22)21-13-4-2-12(3-5-13)8-9-20/h2-7,10H,8,11H2,1H3,(H,21,22). The maximum absolute atomic E-state index is 12.1. The molecule has 9 heteroatoms. The van der Waals surface area contributed by atoms with Crippen molar-refractivity contribution < 1.29 is 22.7 Å². The van der Waals surface area contributed by atoms with Crippen LogP contribution in [0.1, 0.15) is 15.9 Å². The summed E-state index contributed by atoms with van der Waals surface area (Å²) in [7, 11) is -3.52. The van der Waals surface area contributed by atoms with Gasteiger partial charge >= 0.3 is 5.97 Å². The molecule has 2 aromatic rings. The largest absolute Gasteiger partial charge is 0.452 e. The van der Waals surface area contributed by atoms with Gasteiger partial charge in [0.2, 0.25) is 0 Å². The number of carbonyl (C=O) groups is 2. The first-order valence-electron chi connectivity index (χ1n) is 7.63. The molecule has 0 saturated heterocycles. The smallest absolute Gasteiger partial charge is 0.340 e. The van der Waals surface area contributed by atoms with E-state index < -0.39 is 28.3 Å². The number of hydrogen-bond donors (Lipinski definition) is 1. The highest BCUT2D eigenvalue weighted by Crippen LogP contribution is 2.21. The molecule has 0 spiro atoms. The predicted octanol–water partition coefficient (Wildman–Crippen LogP) is 2.61. The lowest BCUT2D eigenvalue weighted by Crippen LogP contribution is -2.21. The molecule has 2 aromatic carbocycles. The zero-order valence-corrected chi connectivity index (χ0v) is 15.8. The Hall–Kier alpha value is -2.89. The number of anilines is 1. The molecule has 0 radical (unpaired) electrons. The highest BCUT2D eigenvalue weighted by molar-refractivity contribution is 7.90. The first-order chi connectivity index (χ1) is 12.7. The van der Waals surface area contributed by atoms with Crippen molar-refractivity contribution in [3.63, 3.8) is 0 Å². The number of carbonyl (C=O) groups excluding carboxylic acids is 2. The van der Waals surface area contributed by atoms with Crippen molar-refractivity contribution in [1.29, 1.82) is 5.26 Å². The lowest BCUT2D eigenvalue weighted by Gasteiger charge is -2.09. The average Bonchev–Trinajstić information content (AvgIpc) is 2.61. The van der Waals surface area contributed by atoms with Gasteiger partial charge in [-0.1, -0.05) is 23.7 Å². The van der Waals surface area contributed by atoms with Crippen molar-refractivity contribution in [1.82, 2.24) is 0 Å². The first-order valence-corrected chi connectivity index (χ1v) is 9.90. The van der Waals surface area contributed by atoms with E-state index in [0.717, 1.165) is 17.9 Å². The fourth-order valence-electron chi connectivity index (χ4n) is 2.09. The monoisotopic (exact) mass is 406 g/mol. The Morgan fingerprint density at radius 3 is 2.44 bits per heavy atom. The lowest BCUT2D eigenvalue weighted by atomic mass is 10.1. The zero-order chi connectivity index (χ0) is 20.0. The number of benzene rings is 2. The summed E-state index contributed by atoms with van der Waals surface area (Å²) < 4.78 is 28.1. The maximum atomic E-state index is 12.1. The third-order valence-electron chi connectivity index (χ3n) is 3.44. The average molecular weight is 407 g/mol. The number of nitrogens with zero attached hydrogens (tertiary/aromatic N) is 1. The Labute approximate surface area is 161 Å². The topological polar surface area (TPSA) is 113 Å². The van der Waals surface area contributed by atoms with Gasteiger partial charge in [0.15, 0.2) is 16.4 Å². The van der Waals surface area contributed by atoms with E-state index in [-0.39, 0.29) is 21.9 Å². The third-order valence-corrected chi connectivity index (χ3v) is 4.88. The molecule has 0 aliphatic rings. The van der Waals surface area contributed by atoms with E-state index in [2.05, 4.69) is 5.32 Å². The van der Waals surface area contributed by atoms with Crippen LogP contribution >= 0.6 is 11.6 Å². The Morgan fingerprint density at radius 1 is 1.19 bits per heavy atom. The number of sulfone groups is 1. The second-order valence-corrected chi connectivity index (χ2v) is 7.99. The fourth-order valence-corrected chi connectivity index (χ4v) is 2.94. The van der Waals surface area contributed by atoms with E-state index >= 15 is 0 Å². The molecule has 1 amide bonds. The molecule has 1 N–H and O–H groups in total. The second kappa shape index (κ2) is 8.66. The molecule has 27 heavy (non-hydrogen) atoms. The minimum Gasteiger partial charge on any atom is -0.452 e. The Kier molecular flexibility index (Phi) is 6.55. The van der Waals surface area contributed by atoms with E-state index in [1.807, 2.05) is 6.07 Å². The minimum atomic E-state index is -3.52. The van der Waals surface area contributed by atoms with Crippen molar-refractivity contribution >= 4 is 39.0 Å². The molecule has 140 valence electrons. The van der Waals surface area contributed by atoms with Gasteiger partial charge in [-0.15, -0.1) is 0 Å². The molecule has 0 unspecified atom stereocenters. The number of esters is 1. The van der Waals surface area contributed by atoms with Crippen LogP contribution in [-0.4, -0.2) is 33.2 Å². The molecule has 0 aliphatic heterocycles. The van der Waals surface area contributed by atoms with Crippen LogP contribution in [0, 0.1) is 11.3 Å². The summed E-state index contributed by atoms with van der Waals surface area (Å²) in [5.74, 6) is -1.49. The quantitative estimate of drug-likeness (QED) is 0.737. The van der Waals surface area contributed by atoms with Crippen LogP contribution in [0.4, 0.5) is 5.69 Å². The Morgan fingerprint density at radius 2 is 1.85 bits per heavy atom. The van der Waals surface area contributed by atoms with Gasteiger partial charge in [0.1, 0.15) is 0 Å². The van der Waals surface area contributed by atoms with E-state index in [4.69, 9.17) is 21.6 Å². The lowest BCUT2D eigenvalue weighted by molar-refractivity contribution is -0.119. The molecular weight excluding hydrogens is 392 g/mol. The molecule has 2 rings (SSSR count). The molecule has 0 fully saturated rings. The molecule has 0 atom stereocenters. The molecule has 0 aromatic heterocycles. The second-order valence-electron chi connectivity index (χ2n) is 5.57. The number of nitriles is 1. The van der Waals surface area contributed by atoms with Gasteiger partial charge in [-0.25, -0.2) is 13.2 Å². The number of hydrogen-bond acceptors (Lipinski definition) is 6. The van der Waals surface area contributed by atoms with Gasteiger partial charge in [0, 0.05) is 11.9 Å². The van der Waals surface area contributed by atoms with Crippen molar-refractivity contribution in [2.75, 3.05) is 18.2 Å². The minimum absolute atomic E-state index is 0.0147.